The molecular weight excluding hydrogens is 344 g/mol. The predicted molar refractivity (Wildman–Crippen MR) is 92.3 cm³/mol. The quantitative estimate of drug-likeness (QED) is 0.788. The maximum Gasteiger partial charge on any atom is 0.222 e. The average Bonchev–Trinajstić information content (AvgIpc) is 3.10. The first-order valence-electron chi connectivity index (χ1n) is 8.84. The number of carbonyl (C=O) groups is 1. The summed E-state index contributed by atoms with van der Waals surface area (Å²) in [5.74, 6) is 0.457. The molecule has 1 fully saturated rings. The van der Waals surface area contributed by atoms with E-state index in [4.69, 9.17) is 4.74 Å². The fourth-order valence-corrected chi connectivity index (χ4v) is 4.49. The third kappa shape index (κ3) is 4.39. The van der Waals surface area contributed by atoms with Gasteiger partial charge in [0, 0.05) is 32.5 Å². The van der Waals surface area contributed by atoms with E-state index >= 15 is 0 Å². The molecule has 0 aliphatic carbocycles. The second kappa shape index (κ2) is 7.84. The summed E-state index contributed by atoms with van der Waals surface area (Å²) in [6, 6.07) is 1.54. The van der Waals surface area contributed by atoms with E-state index in [0.29, 0.717) is 19.0 Å². The summed E-state index contributed by atoms with van der Waals surface area (Å²) < 4.78 is 33.0. The minimum Gasteiger partial charge on any atom is -0.381 e. The van der Waals surface area contributed by atoms with Gasteiger partial charge in [-0.3, -0.25) is 9.48 Å². The Hall–Kier alpha value is -1.45. The summed E-state index contributed by atoms with van der Waals surface area (Å²) in [5.41, 5.74) is 0.825. The third-order valence-corrected chi connectivity index (χ3v) is 6.75. The van der Waals surface area contributed by atoms with Crippen molar-refractivity contribution in [1.29, 1.82) is 0 Å². The molecule has 1 saturated heterocycles. The van der Waals surface area contributed by atoms with E-state index in [1.165, 1.54) is 4.31 Å². The summed E-state index contributed by atoms with van der Waals surface area (Å²) in [6.45, 7) is 4.40. The van der Waals surface area contributed by atoms with Crippen LogP contribution in [0.1, 0.15) is 37.9 Å². The molecule has 25 heavy (non-hydrogen) atoms. The minimum absolute atomic E-state index is 0.0593. The van der Waals surface area contributed by atoms with Crippen LogP contribution in [0.15, 0.2) is 12.3 Å². The van der Waals surface area contributed by atoms with Crippen LogP contribution in [-0.4, -0.2) is 60.5 Å². The number of ether oxygens (including phenoxy) is 1. The molecule has 0 bridgehead atoms. The van der Waals surface area contributed by atoms with Crippen LogP contribution in [0.3, 0.4) is 0 Å². The molecule has 0 aromatic carbocycles. The SMILES string of the molecule is CCS(=O)(=O)N1Cc2ccnn2[C@@H](CC(=O)NCC2CCOCC2)C1. The van der Waals surface area contributed by atoms with Gasteiger partial charge in [-0.2, -0.15) is 9.40 Å². The average molecular weight is 370 g/mol. The second-order valence-corrected chi connectivity index (χ2v) is 8.94. The number of aromatic nitrogens is 2. The van der Waals surface area contributed by atoms with E-state index in [0.717, 1.165) is 31.7 Å². The van der Waals surface area contributed by atoms with Crippen molar-refractivity contribution in [3.63, 3.8) is 0 Å². The number of nitrogens with zero attached hydrogens (tertiary/aromatic N) is 3. The molecule has 1 N–H and O–H groups in total. The summed E-state index contributed by atoms with van der Waals surface area (Å²) in [6.07, 6.45) is 3.82. The third-order valence-electron chi connectivity index (χ3n) is 4.96. The number of amides is 1. The number of sulfonamides is 1. The molecule has 0 spiro atoms. The van der Waals surface area contributed by atoms with Crippen molar-refractivity contribution in [2.24, 2.45) is 5.92 Å². The lowest BCUT2D eigenvalue weighted by molar-refractivity contribution is -0.122. The van der Waals surface area contributed by atoms with Crippen LogP contribution in [0, 0.1) is 5.92 Å². The highest BCUT2D eigenvalue weighted by Gasteiger charge is 2.32. The number of hydrogen-bond acceptors (Lipinski definition) is 5. The van der Waals surface area contributed by atoms with E-state index in [2.05, 4.69) is 10.4 Å². The largest absolute Gasteiger partial charge is 0.381 e. The second-order valence-electron chi connectivity index (χ2n) is 6.68. The Balaban J connectivity index is 1.61. The first-order chi connectivity index (χ1) is 12.0. The van der Waals surface area contributed by atoms with Crippen LogP contribution in [0.2, 0.25) is 0 Å². The lowest BCUT2D eigenvalue weighted by Gasteiger charge is -2.32. The maximum atomic E-state index is 12.4. The molecule has 0 unspecified atom stereocenters. The Labute approximate surface area is 148 Å². The van der Waals surface area contributed by atoms with Crippen molar-refractivity contribution in [3.05, 3.63) is 18.0 Å². The van der Waals surface area contributed by atoms with Crippen LogP contribution >= 0.6 is 0 Å². The van der Waals surface area contributed by atoms with Gasteiger partial charge in [-0.05, 0) is 31.7 Å². The van der Waals surface area contributed by atoms with E-state index < -0.39 is 10.0 Å². The molecule has 3 heterocycles. The van der Waals surface area contributed by atoms with Gasteiger partial charge < -0.3 is 10.1 Å². The highest BCUT2D eigenvalue weighted by Crippen LogP contribution is 2.25. The first kappa shape index (κ1) is 18.3. The lowest BCUT2D eigenvalue weighted by atomic mass is 10.0. The lowest BCUT2D eigenvalue weighted by Crippen LogP contribution is -2.43. The van der Waals surface area contributed by atoms with Gasteiger partial charge in [-0.25, -0.2) is 8.42 Å². The monoisotopic (exact) mass is 370 g/mol. The standard InChI is InChI=1S/C16H26N4O4S/c1-2-25(22,23)19-11-14-3-6-18-20(14)15(12-19)9-16(21)17-10-13-4-7-24-8-5-13/h3,6,13,15H,2,4-5,7-12H2,1H3,(H,17,21)/t15-/m0/s1. The van der Waals surface area contributed by atoms with Gasteiger partial charge >= 0.3 is 0 Å². The molecule has 2 aliphatic heterocycles. The zero-order chi connectivity index (χ0) is 17.9. The van der Waals surface area contributed by atoms with Gasteiger partial charge in [0.15, 0.2) is 0 Å². The topological polar surface area (TPSA) is 93.5 Å². The van der Waals surface area contributed by atoms with Gasteiger partial charge in [-0.15, -0.1) is 0 Å². The maximum absolute atomic E-state index is 12.4. The van der Waals surface area contributed by atoms with Crippen molar-refractivity contribution in [2.75, 3.05) is 32.1 Å². The van der Waals surface area contributed by atoms with E-state index in [1.807, 2.05) is 6.07 Å². The van der Waals surface area contributed by atoms with Gasteiger partial charge in [-0.1, -0.05) is 0 Å². The fourth-order valence-electron chi connectivity index (χ4n) is 3.39. The Bertz CT molecular complexity index is 697. The molecule has 8 nitrogen and oxygen atoms in total. The molecule has 1 aromatic heterocycles. The molecule has 0 saturated carbocycles. The van der Waals surface area contributed by atoms with Crippen molar-refractivity contribution in [3.8, 4) is 0 Å². The Kier molecular flexibility index (Phi) is 5.75. The van der Waals surface area contributed by atoms with Crippen molar-refractivity contribution < 1.29 is 17.9 Å². The van der Waals surface area contributed by atoms with Crippen LogP contribution in [0.4, 0.5) is 0 Å². The van der Waals surface area contributed by atoms with E-state index in [1.54, 1.807) is 17.8 Å². The summed E-state index contributed by atoms with van der Waals surface area (Å²) in [4.78, 5) is 12.4. The van der Waals surface area contributed by atoms with E-state index in [-0.39, 0.29) is 30.7 Å². The number of hydrogen-bond donors (Lipinski definition) is 1. The van der Waals surface area contributed by atoms with Gasteiger partial charge in [0.1, 0.15) is 0 Å². The van der Waals surface area contributed by atoms with Gasteiger partial charge in [0.2, 0.25) is 15.9 Å². The first-order valence-corrected chi connectivity index (χ1v) is 10.4. The normalized spacial score (nSPS) is 22.5. The highest BCUT2D eigenvalue weighted by molar-refractivity contribution is 7.89. The zero-order valence-electron chi connectivity index (χ0n) is 14.6. The summed E-state index contributed by atoms with van der Waals surface area (Å²) in [5, 5.41) is 7.27. The Morgan fingerprint density at radius 3 is 2.88 bits per heavy atom. The van der Waals surface area contributed by atoms with E-state index in [9.17, 15) is 13.2 Å². The highest BCUT2D eigenvalue weighted by atomic mass is 32.2. The van der Waals surface area contributed by atoms with Gasteiger partial charge in [0.05, 0.1) is 30.5 Å². The molecule has 9 heteroatoms. The number of fused-ring (bicyclic) bond motifs is 1. The molecule has 0 radical (unpaired) electrons. The summed E-state index contributed by atoms with van der Waals surface area (Å²) >= 11 is 0. The Morgan fingerprint density at radius 1 is 1.40 bits per heavy atom. The van der Waals surface area contributed by atoms with Crippen LogP contribution in [-0.2, 0) is 26.1 Å². The van der Waals surface area contributed by atoms with Crippen molar-refractivity contribution in [1.82, 2.24) is 19.4 Å². The van der Waals surface area contributed by atoms with Crippen LogP contribution in [0.25, 0.3) is 0 Å². The molecule has 140 valence electrons. The molecule has 1 aromatic rings. The van der Waals surface area contributed by atoms with Crippen molar-refractivity contribution in [2.45, 2.75) is 38.8 Å². The zero-order valence-corrected chi connectivity index (χ0v) is 15.4. The van der Waals surface area contributed by atoms with Crippen LogP contribution in [0.5, 0.6) is 0 Å². The minimum atomic E-state index is -3.29. The molecule has 1 atom stereocenters. The molecule has 1 amide bonds. The van der Waals surface area contributed by atoms with Crippen LogP contribution < -0.4 is 5.32 Å². The Morgan fingerprint density at radius 2 is 2.16 bits per heavy atom. The predicted octanol–water partition coefficient (Wildman–Crippen LogP) is 0.522. The van der Waals surface area contributed by atoms with Gasteiger partial charge in [0.25, 0.3) is 0 Å². The number of carbonyl (C=O) groups excluding carboxylic acids is 1. The molecule has 3 rings (SSSR count). The fraction of sp³-hybridized carbons (Fsp3) is 0.750. The smallest absolute Gasteiger partial charge is 0.222 e. The number of nitrogens with one attached hydrogen (secondary N) is 1. The summed E-state index contributed by atoms with van der Waals surface area (Å²) in [7, 11) is -3.29. The van der Waals surface area contributed by atoms with Crippen molar-refractivity contribution >= 4 is 15.9 Å². The number of rotatable bonds is 6. The molecule has 2 aliphatic rings. The molecular formula is C16H26N4O4S.